The first-order valence-electron chi connectivity index (χ1n) is 10.2. The van der Waals surface area contributed by atoms with Crippen molar-refractivity contribution in [1.82, 2.24) is 4.90 Å². The number of carbonyl (C=O) groups excluding carboxylic acids is 1. The van der Waals surface area contributed by atoms with Crippen molar-refractivity contribution in [2.75, 3.05) is 13.6 Å². The number of ketones is 1. The van der Waals surface area contributed by atoms with Crippen molar-refractivity contribution >= 4 is 16.6 Å². The van der Waals surface area contributed by atoms with Gasteiger partial charge in [0, 0.05) is 24.2 Å². The van der Waals surface area contributed by atoms with E-state index < -0.39 is 0 Å². The van der Waals surface area contributed by atoms with Crippen molar-refractivity contribution in [1.29, 1.82) is 0 Å². The lowest BCUT2D eigenvalue weighted by atomic mass is 9.97. The van der Waals surface area contributed by atoms with E-state index in [1.807, 2.05) is 66.7 Å². The molecule has 4 aromatic carbocycles. The summed E-state index contributed by atoms with van der Waals surface area (Å²) >= 11 is 0. The second kappa shape index (κ2) is 8.89. The number of hydrogen-bond donors (Lipinski definition) is 0. The van der Waals surface area contributed by atoms with E-state index in [0.29, 0.717) is 5.56 Å². The van der Waals surface area contributed by atoms with Gasteiger partial charge >= 0.3 is 0 Å². The van der Waals surface area contributed by atoms with E-state index in [1.165, 1.54) is 5.56 Å². The molecule has 0 aliphatic heterocycles. The lowest BCUT2D eigenvalue weighted by molar-refractivity contribution is 0.103. The Kier molecular flexibility index (Phi) is 5.87. The van der Waals surface area contributed by atoms with Crippen LogP contribution in [0.3, 0.4) is 0 Å². The Balaban J connectivity index is 1.50. The molecule has 30 heavy (non-hydrogen) atoms. The van der Waals surface area contributed by atoms with Crippen LogP contribution in [-0.2, 0) is 6.54 Å². The molecule has 148 valence electrons. The summed E-state index contributed by atoms with van der Waals surface area (Å²) < 4.78 is 0. The van der Waals surface area contributed by atoms with Crippen molar-refractivity contribution < 1.29 is 4.79 Å². The average Bonchev–Trinajstić information content (AvgIpc) is 2.79. The van der Waals surface area contributed by atoms with Crippen molar-refractivity contribution in [3.8, 4) is 11.1 Å². The first kappa shape index (κ1) is 19.8. The second-order valence-electron chi connectivity index (χ2n) is 7.65. The third-order valence-electron chi connectivity index (χ3n) is 5.34. The maximum absolute atomic E-state index is 12.9. The molecule has 4 aromatic rings. The summed E-state index contributed by atoms with van der Waals surface area (Å²) in [7, 11) is 2.08. The van der Waals surface area contributed by atoms with Crippen molar-refractivity contribution in [2.45, 2.75) is 6.54 Å². The first-order valence-corrected chi connectivity index (χ1v) is 10.2. The Morgan fingerprint density at radius 2 is 1.40 bits per heavy atom. The summed E-state index contributed by atoms with van der Waals surface area (Å²) in [6.45, 7) is 5.55. The Labute approximate surface area is 178 Å². The van der Waals surface area contributed by atoms with Crippen molar-refractivity contribution in [2.24, 2.45) is 0 Å². The van der Waals surface area contributed by atoms with Gasteiger partial charge in [0.2, 0.25) is 0 Å². The lowest BCUT2D eigenvalue weighted by Crippen LogP contribution is -2.17. The monoisotopic (exact) mass is 391 g/mol. The molecule has 0 N–H and O–H groups in total. The zero-order chi connectivity index (χ0) is 20.9. The van der Waals surface area contributed by atoms with Crippen LogP contribution in [0.15, 0.2) is 104 Å². The largest absolute Gasteiger partial charge is 0.298 e. The van der Waals surface area contributed by atoms with Gasteiger partial charge in [-0.3, -0.25) is 9.69 Å². The van der Waals surface area contributed by atoms with Gasteiger partial charge in [0.25, 0.3) is 0 Å². The number of nitrogens with zero attached hydrogens (tertiary/aromatic N) is 1. The van der Waals surface area contributed by atoms with Crippen LogP contribution in [0.5, 0.6) is 0 Å². The predicted octanol–water partition coefficient (Wildman–Crippen LogP) is 6.36. The summed E-state index contributed by atoms with van der Waals surface area (Å²) in [5.74, 6) is 0.0490. The SMILES string of the molecule is C=CCN(C)Cc1ccc(-c2ccc(C(=O)c3ccc4ccccc4c3)cc2)cc1. The molecule has 0 saturated heterocycles. The number of hydrogen-bond acceptors (Lipinski definition) is 2. The highest BCUT2D eigenvalue weighted by Crippen LogP contribution is 2.23. The summed E-state index contributed by atoms with van der Waals surface area (Å²) in [5.41, 5.74) is 4.95. The van der Waals surface area contributed by atoms with Crippen LogP contribution in [-0.4, -0.2) is 24.3 Å². The van der Waals surface area contributed by atoms with Gasteiger partial charge in [-0.2, -0.15) is 0 Å². The van der Waals surface area contributed by atoms with E-state index in [-0.39, 0.29) is 5.78 Å². The van der Waals surface area contributed by atoms with Gasteiger partial charge in [0.15, 0.2) is 5.78 Å². The molecule has 0 atom stereocenters. The molecule has 0 saturated carbocycles. The summed E-state index contributed by atoms with van der Waals surface area (Å²) in [5, 5.41) is 2.22. The van der Waals surface area contributed by atoms with Crippen molar-refractivity contribution in [3.63, 3.8) is 0 Å². The molecule has 0 radical (unpaired) electrons. The Bertz CT molecular complexity index is 1170. The molecule has 4 rings (SSSR count). The Hall–Kier alpha value is -3.49. The summed E-state index contributed by atoms with van der Waals surface area (Å²) in [6, 6.07) is 30.4. The summed E-state index contributed by atoms with van der Waals surface area (Å²) in [4.78, 5) is 15.1. The van der Waals surface area contributed by atoms with Crippen LogP contribution in [0, 0.1) is 0 Å². The van der Waals surface area contributed by atoms with Gasteiger partial charge in [0.1, 0.15) is 0 Å². The van der Waals surface area contributed by atoms with E-state index in [1.54, 1.807) is 0 Å². The Morgan fingerprint density at radius 3 is 2.07 bits per heavy atom. The predicted molar refractivity (Wildman–Crippen MR) is 126 cm³/mol. The molecule has 0 aromatic heterocycles. The van der Waals surface area contributed by atoms with E-state index in [0.717, 1.165) is 40.6 Å². The minimum absolute atomic E-state index is 0.0490. The minimum atomic E-state index is 0.0490. The maximum Gasteiger partial charge on any atom is 0.193 e. The molecular weight excluding hydrogens is 366 g/mol. The highest BCUT2D eigenvalue weighted by Gasteiger charge is 2.10. The first-order chi connectivity index (χ1) is 14.6. The van der Waals surface area contributed by atoms with Crippen LogP contribution in [0.4, 0.5) is 0 Å². The number of fused-ring (bicyclic) bond motifs is 1. The van der Waals surface area contributed by atoms with Gasteiger partial charge in [0.05, 0.1) is 0 Å². The standard InChI is InChI=1S/C28H25NO/c1-3-18-29(2)20-21-8-10-23(11-9-21)24-12-15-25(16-13-24)28(30)27-17-14-22-6-4-5-7-26(22)19-27/h3-17,19H,1,18,20H2,2H3. The number of likely N-dealkylation sites (N-methyl/N-ethyl adjacent to an activating group) is 1. The van der Waals surface area contributed by atoms with Crippen molar-refractivity contribution in [3.05, 3.63) is 120 Å². The molecule has 0 bridgehead atoms. The average molecular weight is 392 g/mol. The Morgan fingerprint density at radius 1 is 0.800 bits per heavy atom. The second-order valence-corrected chi connectivity index (χ2v) is 7.65. The fourth-order valence-corrected chi connectivity index (χ4v) is 3.71. The van der Waals surface area contributed by atoms with Crippen LogP contribution >= 0.6 is 0 Å². The maximum atomic E-state index is 12.9. The van der Waals surface area contributed by atoms with Gasteiger partial charge in [-0.25, -0.2) is 0 Å². The molecule has 0 heterocycles. The zero-order valence-corrected chi connectivity index (χ0v) is 17.2. The van der Waals surface area contributed by atoms with E-state index in [9.17, 15) is 4.79 Å². The fourth-order valence-electron chi connectivity index (χ4n) is 3.71. The molecule has 0 unspecified atom stereocenters. The summed E-state index contributed by atoms with van der Waals surface area (Å²) in [6.07, 6.45) is 1.91. The van der Waals surface area contributed by atoms with Gasteiger partial charge in [-0.05, 0) is 40.6 Å². The van der Waals surface area contributed by atoms with Gasteiger partial charge < -0.3 is 0 Å². The zero-order valence-electron chi connectivity index (χ0n) is 17.2. The normalized spacial score (nSPS) is 11.0. The third kappa shape index (κ3) is 4.40. The molecule has 0 spiro atoms. The molecule has 0 aliphatic rings. The van der Waals surface area contributed by atoms with Crippen LogP contribution in [0.2, 0.25) is 0 Å². The molecule has 2 heteroatoms. The third-order valence-corrected chi connectivity index (χ3v) is 5.34. The van der Waals surface area contributed by atoms with Gasteiger partial charge in [-0.15, -0.1) is 6.58 Å². The van der Waals surface area contributed by atoms with E-state index >= 15 is 0 Å². The smallest absolute Gasteiger partial charge is 0.193 e. The number of rotatable bonds is 7. The van der Waals surface area contributed by atoms with E-state index in [4.69, 9.17) is 0 Å². The number of carbonyl (C=O) groups is 1. The highest BCUT2D eigenvalue weighted by molar-refractivity contribution is 6.10. The lowest BCUT2D eigenvalue weighted by Gasteiger charge is -2.14. The van der Waals surface area contributed by atoms with Crippen LogP contribution in [0.1, 0.15) is 21.5 Å². The topological polar surface area (TPSA) is 20.3 Å². The highest BCUT2D eigenvalue weighted by atomic mass is 16.1. The minimum Gasteiger partial charge on any atom is -0.298 e. The van der Waals surface area contributed by atoms with E-state index in [2.05, 4.69) is 48.9 Å². The molecule has 2 nitrogen and oxygen atoms in total. The molecular formula is C28H25NO. The molecule has 0 aliphatic carbocycles. The molecule has 0 fully saturated rings. The fraction of sp³-hybridized carbons (Fsp3) is 0.107. The quantitative estimate of drug-likeness (QED) is 0.270. The molecule has 0 amide bonds. The van der Waals surface area contributed by atoms with Crippen LogP contribution < -0.4 is 0 Å². The number of benzene rings is 4. The van der Waals surface area contributed by atoms with Crippen LogP contribution in [0.25, 0.3) is 21.9 Å². The van der Waals surface area contributed by atoms with Gasteiger partial charge in [-0.1, -0.05) is 91.0 Å².